The van der Waals surface area contributed by atoms with E-state index < -0.39 is 75.7 Å². The van der Waals surface area contributed by atoms with Crippen LogP contribution < -0.4 is 4.72 Å². The quantitative estimate of drug-likeness (QED) is 0.532. The first-order chi connectivity index (χ1) is 16.6. The van der Waals surface area contributed by atoms with Crippen molar-refractivity contribution in [3.05, 3.63) is 65.2 Å². The molecule has 2 fully saturated rings. The number of rotatable bonds is 4. The highest BCUT2D eigenvalue weighted by Gasteiger charge is 2.55. The number of sulfonamides is 1. The van der Waals surface area contributed by atoms with Crippen molar-refractivity contribution in [2.75, 3.05) is 0 Å². The summed E-state index contributed by atoms with van der Waals surface area (Å²) in [5.41, 5.74) is -1.45. The molecule has 36 heavy (non-hydrogen) atoms. The zero-order valence-corrected chi connectivity index (χ0v) is 21.2. The van der Waals surface area contributed by atoms with Gasteiger partial charge < -0.3 is 0 Å². The summed E-state index contributed by atoms with van der Waals surface area (Å²) in [5, 5.41) is -0.805. The molecular weight excluding hydrogens is 525 g/mol. The van der Waals surface area contributed by atoms with E-state index in [1.165, 1.54) is 0 Å². The third kappa shape index (κ3) is 4.56. The smallest absolute Gasteiger partial charge is 0.223 e. The van der Waals surface area contributed by atoms with Gasteiger partial charge in [-0.3, -0.25) is 0 Å². The molecular formula is C24H26F5NO4S2. The van der Waals surface area contributed by atoms with Gasteiger partial charge in [-0.1, -0.05) is 13.8 Å². The molecule has 0 radical (unpaired) electrons. The predicted molar refractivity (Wildman–Crippen MR) is 123 cm³/mol. The topological polar surface area (TPSA) is 80.3 Å². The van der Waals surface area contributed by atoms with Crippen molar-refractivity contribution >= 4 is 19.9 Å². The third-order valence-corrected chi connectivity index (χ3v) is 12.1. The predicted octanol–water partition coefficient (Wildman–Crippen LogP) is 5.17. The van der Waals surface area contributed by atoms with E-state index in [4.69, 9.17) is 0 Å². The molecule has 0 spiro atoms. The SMILES string of the molecule is CC(C)C1C[C@@H]2C[C@](c3cc(F)ccc3F)(S(=O)(=O)c3ccc(C(F)(F)F)cc3)CC[C@@H]2NS1(=O)=O. The Hall–Kier alpha value is -2.05. The fraction of sp³-hybridized carbons (Fsp3) is 0.500. The summed E-state index contributed by atoms with van der Waals surface area (Å²) in [4.78, 5) is -0.450. The summed E-state index contributed by atoms with van der Waals surface area (Å²) >= 11 is 0. The van der Waals surface area contributed by atoms with Crippen LogP contribution in [0.1, 0.15) is 50.7 Å². The van der Waals surface area contributed by atoms with Crippen LogP contribution in [0.15, 0.2) is 47.4 Å². The minimum atomic E-state index is -4.68. The molecule has 1 heterocycles. The number of hydrogen-bond donors (Lipinski definition) is 1. The molecule has 1 saturated heterocycles. The lowest BCUT2D eigenvalue weighted by Crippen LogP contribution is -2.58. The van der Waals surface area contributed by atoms with E-state index in [0.29, 0.717) is 12.1 Å². The van der Waals surface area contributed by atoms with Crippen LogP contribution in [0, 0.1) is 23.5 Å². The molecule has 1 N–H and O–H groups in total. The van der Waals surface area contributed by atoms with E-state index >= 15 is 4.39 Å². The average molecular weight is 552 g/mol. The molecule has 5 nitrogen and oxygen atoms in total. The molecule has 1 unspecified atom stereocenters. The van der Waals surface area contributed by atoms with Gasteiger partial charge >= 0.3 is 6.18 Å². The van der Waals surface area contributed by atoms with Gasteiger partial charge in [0.05, 0.1) is 15.7 Å². The number of nitrogens with one attached hydrogen (secondary N) is 1. The Kier molecular flexibility index (Phi) is 6.79. The first-order valence-electron chi connectivity index (χ1n) is 11.5. The molecule has 0 bridgehead atoms. The van der Waals surface area contributed by atoms with Crippen molar-refractivity contribution in [1.82, 2.24) is 4.72 Å². The van der Waals surface area contributed by atoms with Gasteiger partial charge in [0.2, 0.25) is 10.0 Å². The van der Waals surface area contributed by atoms with Gasteiger partial charge in [-0.25, -0.2) is 30.3 Å². The number of alkyl halides is 3. The molecule has 1 aliphatic carbocycles. The van der Waals surface area contributed by atoms with Gasteiger partial charge in [0.25, 0.3) is 0 Å². The maximum absolute atomic E-state index is 15.1. The van der Waals surface area contributed by atoms with Crippen molar-refractivity contribution in [3.63, 3.8) is 0 Å². The van der Waals surface area contributed by atoms with Crippen LogP contribution in [0.4, 0.5) is 22.0 Å². The number of halogens is 5. The number of benzene rings is 2. The van der Waals surface area contributed by atoms with Gasteiger partial charge in [-0.2, -0.15) is 13.2 Å². The second-order valence-corrected chi connectivity index (χ2v) is 14.1. The van der Waals surface area contributed by atoms with Gasteiger partial charge in [-0.15, -0.1) is 0 Å². The molecule has 1 saturated carbocycles. The summed E-state index contributed by atoms with van der Waals surface area (Å²) < 4.78 is 123. The zero-order chi connectivity index (χ0) is 26.7. The number of hydrogen-bond acceptors (Lipinski definition) is 4. The normalized spacial score (nSPS) is 28.6. The lowest BCUT2D eigenvalue weighted by molar-refractivity contribution is -0.137. The largest absolute Gasteiger partial charge is 0.416 e. The van der Waals surface area contributed by atoms with Crippen molar-refractivity contribution < 1.29 is 38.8 Å². The monoisotopic (exact) mass is 551 g/mol. The van der Waals surface area contributed by atoms with Crippen LogP contribution in [0.3, 0.4) is 0 Å². The molecule has 4 rings (SSSR count). The summed E-state index contributed by atoms with van der Waals surface area (Å²) in [6, 6.07) is 4.82. The molecule has 0 aromatic heterocycles. The molecule has 0 amide bonds. The molecule has 4 atom stereocenters. The summed E-state index contributed by atoms with van der Waals surface area (Å²) in [6.07, 6.45) is -4.98. The second kappa shape index (κ2) is 9.05. The average Bonchev–Trinajstić information content (AvgIpc) is 2.78. The Labute approximate surface area is 207 Å². The molecule has 1 aliphatic heterocycles. The van der Waals surface area contributed by atoms with Crippen molar-refractivity contribution in [2.45, 2.75) is 66.6 Å². The lowest BCUT2D eigenvalue weighted by atomic mass is 9.72. The van der Waals surface area contributed by atoms with Crippen LogP contribution >= 0.6 is 0 Å². The summed E-state index contributed by atoms with van der Waals surface area (Å²) in [7, 11) is -8.20. The Balaban J connectivity index is 1.85. The maximum Gasteiger partial charge on any atom is 0.416 e. The van der Waals surface area contributed by atoms with Crippen molar-refractivity contribution in [3.8, 4) is 0 Å². The van der Waals surface area contributed by atoms with E-state index in [0.717, 1.165) is 30.3 Å². The van der Waals surface area contributed by atoms with Crippen LogP contribution in [0.25, 0.3) is 0 Å². The molecule has 2 aromatic carbocycles. The minimum absolute atomic E-state index is 0.0323. The fourth-order valence-electron chi connectivity index (χ4n) is 5.58. The molecule has 12 heteroatoms. The van der Waals surface area contributed by atoms with Crippen LogP contribution in [-0.2, 0) is 30.8 Å². The fourth-order valence-corrected chi connectivity index (χ4v) is 9.91. The van der Waals surface area contributed by atoms with Gasteiger partial charge in [-0.05, 0) is 80.0 Å². The molecule has 2 aromatic rings. The first kappa shape index (κ1) is 27.0. The number of sulfone groups is 1. The first-order valence-corrected chi connectivity index (χ1v) is 14.5. The summed E-state index contributed by atoms with van der Waals surface area (Å²) in [6.45, 7) is 3.46. The Morgan fingerprint density at radius 3 is 2.28 bits per heavy atom. The lowest BCUT2D eigenvalue weighted by Gasteiger charge is -2.48. The van der Waals surface area contributed by atoms with Crippen molar-refractivity contribution in [1.29, 1.82) is 0 Å². The second-order valence-electron chi connectivity index (χ2n) is 9.93. The Morgan fingerprint density at radius 1 is 1.06 bits per heavy atom. The van der Waals surface area contributed by atoms with Crippen LogP contribution in [0.5, 0.6) is 0 Å². The standard InChI is InChI=1S/C24H26F5NO4S2/c1-14(2)22-11-15-13-23(10-9-21(15)30-36(22,33)34,19-12-17(25)5-8-20(19)26)35(31,32)18-6-3-16(4-7-18)24(27,28)29/h3-8,12,14-15,21-22,30H,9-11,13H2,1-2H3/t15-,21+,22?,23-/m1/s1. The minimum Gasteiger partial charge on any atom is -0.223 e. The molecule has 198 valence electrons. The highest BCUT2D eigenvalue weighted by atomic mass is 32.2. The van der Waals surface area contributed by atoms with E-state index in [2.05, 4.69) is 4.72 Å². The Bertz CT molecular complexity index is 1360. The van der Waals surface area contributed by atoms with E-state index in [-0.39, 0.29) is 31.6 Å². The van der Waals surface area contributed by atoms with E-state index in [1.54, 1.807) is 13.8 Å². The highest BCUT2D eigenvalue weighted by Crippen LogP contribution is 2.52. The highest BCUT2D eigenvalue weighted by molar-refractivity contribution is 7.92. The van der Waals surface area contributed by atoms with Gasteiger partial charge in [0, 0.05) is 11.6 Å². The Morgan fingerprint density at radius 2 is 1.69 bits per heavy atom. The number of fused-ring (bicyclic) bond motifs is 1. The zero-order valence-electron chi connectivity index (χ0n) is 19.5. The van der Waals surface area contributed by atoms with Crippen molar-refractivity contribution in [2.24, 2.45) is 11.8 Å². The van der Waals surface area contributed by atoms with Gasteiger partial charge in [0.15, 0.2) is 9.84 Å². The summed E-state index contributed by atoms with van der Waals surface area (Å²) in [5.74, 6) is -2.61. The van der Waals surface area contributed by atoms with Crippen LogP contribution in [0.2, 0.25) is 0 Å². The maximum atomic E-state index is 15.1. The van der Waals surface area contributed by atoms with E-state index in [1.807, 2.05) is 0 Å². The van der Waals surface area contributed by atoms with Crippen LogP contribution in [-0.4, -0.2) is 28.1 Å². The third-order valence-electron chi connectivity index (χ3n) is 7.44. The van der Waals surface area contributed by atoms with Gasteiger partial charge in [0.1, 0.15) is 16.4 Å². The van der Waals surface area contributed by atoms with E-state index in [9.17, 15) is 34.4 Å². The molecule has 2 aliphatic rings.